The number of aromatic nitrogens is 1. The number of carbonyl (C=O) groups excluding carboxylic acids is 2. The number of hydrogen-bond acceptors (Lipinski definition) is 5. The van der Waals surface area contributed by atoms with E-state index in [1.165, 1.54) is 16.3 Å². The standard InChI is InChI=1S/C21H18N4O2S/c26-19-12-11-17(24-25(19)13-15-7-3-1-4-8-15)20(27)23-21-22-18(14-28-21)16-9-5-2-6-10-16/h1-10,14H,11-13H2,(H,22,23,27). The Morgan fingerprint density at radius 3 is 2.50 bits per heavy atom. The summed E-state index contributed by atoms with van der Waals surface area (Å²) in [6.07, 6.45) is 0.596. The first-order valence-corrected chi connectivity index (χ1v) is 9.81. The summed E-state index contributed by atoms with van der Waals surface area (Å²) in [5, 5.41) is 10.9. The zero-order valence-corrected chi connectivity index (χ0v) is 15.9. The number of hydrazone groups is 1. The van der Waals surface area contributed by atoms with Gasteiger partial charge in [-0.05, 0) is 5.56 Å². The maximum Gasteiger partial charge on any atom is 0.273 e. The third-order valence-electron chi connectivity index (χ3n) is 4.34. The lowest BCUT2D eigenvalue weighted by molar-refractivity contribution is -0.132. The number of rotatable bonds is 5. The zero-order chi connectivity index (χ0) is 19.3. The van der Waals surface area contributed by atoms with Crippen LogP contribution < -0.4 is 5.32 Å². The van der Waals surface area contributed by atoms with Gasteiger partial charge in [0.1, 0.15) is 5.71 Å². The number of nitrogens with one attached hydrogen (secondary N) is 1. The average molecular weight is 390 g/mol. The van der Waals surface area contributed by atoms with Gasteiger partial charge in [-0.3, -0.25) is 14.9 Å². The summed E-state index contributed by atoms with van der Waals surface area (Å²) in [6.45, 7) is 0.353. The molecule has 1 N–H and O–H groups in total. The molecule has 0 saturated carbocycles. The monoisotopic (exact) mass is 390 g/mol. The molecule has 3 aromatic rings. The molecular formula is C21H18N4O2S. The molecule has 6 nitrogen and oxygen atoms in total. The normalized spacial score (nSPS) is 13.9. The number of carbonyl (C=O) groups is 2. The van der Waals surface area contributed by atoms with E-state index < -0.39 is 0 Å². The maximum absolute atomic E-state index is 12.6. The van der Waals surface area contributed by atoms with Gasteiger partial charge in [-0.25, -0.2) is 9.99 Å². The van der Waals surface area contributed by atoms with Crippen LogP contribution in [-0.4, -0.2) is 27.5 Å². The summed E-state index contributed by atoms with van der Waals surface area (Å²) in [7, 11) is 0. The van der Waals surface area contributed by atoms with Crippen LogP contribution in [0, 0.1) is 0 Å². The van der Waals surface area contributed by atoms with Crippen molar-refractivity contribution in [3.8, 4) is 11.3 Å². The van der Waals surface area contributed by atoms with E-state index in [-0.39, 0.29) is 18.2 Å². The molecule has 1 aliphatic rings. The van der Waals surface area contributed by atoms with Gasteiger partial charge in [0.05, 0.1) is 12.2 Å². The highest BCUT2D eigenvalue weighted by Gasteiger charge is 2.25. The van der Waals surface area contributed by atoms with E-state index in [9.17, 15) is 9.59 Å². The highest BCUT2D eigenvalue weighted by atomic mass is 32.1. The van der Waals surface area contributed by atoms with Crippen LogP contribution in [-0.2, 0) is 16.1 Å². The van der Waals surface area contributed by atoms with Crippen molar-refractivity contribution in [2.45, 2.75) is 19.4 Å². The van der Waals surface area contributed by atoms with E-state index in [1.807, 2.05) is 66.0 Å². The van der Waals surface area contributed by atoms with Gasteiger partial charge in [-0.2, -0.15) is 5.10 Å². The van der Waals surface area contributed by atoms with Gasteiger partial charge in [0, 0.05) is 23.8 Å². The summed E-state index contributed by atoms with van der Waals surface area (Å²) in [5.74, 6) is -0.402. The van der Waals surface area contributed by atoms with Gasteiger partial charge in [0.15, 0.2) is 5.13 Å². The molecule has 7 heteroatoms. The molecule has 2 heterocycles. The van der Waals surface area contributed by atoms with E-state index in [1.54, 1.807) is 0 Å². The Morgan fingerprint density at radius 2 is 1.75 bits per heavy atom. The average Bonchev–Trinajstić information content (AvgIpc) is 3.19. The van der Waals surface area contributed by atoms with Crippen molar-refractivity contribution < 1.29 is 9.59 Å². The fourth-order valence-corrected chi connectivity index (χ4v) is 3.60. The summed E-state index contributed by atoms with van der Waals surface area (Å²) in [5.41, 5.74) is 3.11. The van der Waals surface area contributed by atoms with Crippen molar-refractivity contribution in [1.82, 2.24) is 9.99 Å². The van der Waals surface area contributed by atoms with E-state index in [0.717, 1.165) is 16.8 Å². The second-order valence-corrected chi connectivity index (χ2v) is 7.20. The van der Waals surface area contributed by atoms with Crippen LogP contribution in [0.2, 0.25) is 0 Å². The second kappa shape index (κ2) is 8.14. The molecule has 0 unspecified atom stereocenters. The van der Waals surface area contributed by atoms with E-state index >= 15 is 0 Å². The van der Waals surface area contributed by atoms with Crippen LogP contribution >= 0.6 is 11.3 Å². The lowest BCUT2D eigenvalue weighted by atomic mass is 10.1. The van der Waals surface area contributed by atoms with Crippen molar-refractivity contribution >= 4 is 34.0 Å². The largest absolute Gasteiger partial charge is 0.297 e. The Labute approximate surface area is 166 Å². The first kappa shape index (κ1) is 18.1. The van der Waals surface area contributed by atoms with Crippen molar-refractivity contribution in [3.05, 3.63) is 71.6 Å². The molecule has 1 aromatic heterocycles. The first-order chi connectivity index (χ1) is 13.7. The van der Waals surface area contributed by atoms with Gasteiger partial charge in [-0.1, -0.05) is 60.7 Å². The third kappa shape index (κ3) is 4.15. The topological polar surface area (TPSA) is 74.7 Å². The molecule has 2 aromatic carbocycles. The van der Waals surface area contributed by atoms with Crippen LogP contribution in [0.3, 0.4) is 0 Å². The van der Waals surface area contributed by atoms with E-state index in [0.29, 0.717) is 23.8 Å². The molecule has 140 valence electrons. The van der Waals surface area contributed by atoms with Gasteiger partial charge >= 0.3 is 0 Å². The molecule has 0 radical (unpaired) electrons. The summed E-state index contributed by atoms with van der Waals surface area (Å²) >= 11 is 1.36. The minimum Gasteiger partial charge on any atom is -0.297 e. The van der Waals surface area contributed by atoms with Crippen molar-refractivity contribution in [2.75, 3.05) is 5.32 Å². The molecule has 2 amide bonds. The number of anilines is 1. The molecule has 0 fully saturated rings. The molecule has 0 spiro atoms. The van der Waals surface area contributed by atoms with Crippen LogP contribution in [0.15, 0.2) is 71.1 Å². The molecule has 0 aliphatic carbocycles. The SMILES string of the molecule is O=C(Nc1nc(-c2ccccc2)cs1)C1=NN(Cc2ccccc2)C(=O)CC1. The number of benzene rings is 2. The summed E-state index contributed by atoms with van der Waals surface area (Å²) in [4.78, 5) is 29.2. The number of amides is 2. The smallest absolute Gasteiger partial charge is 0.273 e. The molecule has 28 heavy (non-hydrogen) atoms. The van der Waals surface area contributed by atoms with Gasteiger partial charge < -0.3 is 0 Å². The molecular weight excluding hydrogens is 372 g/mol. The quantitative estimate of drug-likeness (QED) is 0.717. The molecule has 0 atom stereocenters. The fourth-order valence-electron chi connectivity index (χ4n) is 2.89. The number of nitrogens with zero attached hydrogens (tertiary/aromatic N) is 3. The maximum atomic E-state index is 12.6. The highest BCUT2D eigenvalue weighted by molar-refractivity contribution is 7.14. The third-order valence-corrected chi connectivity index (χ3v) is 5.09. The minimum atomic E-state index is -0.320. The fraction of sp³-hybridized carbons (Fsp3) is 0.143. The second-order valence-electron chi connectivity index (χ2n) is 6.34. The lowest BCUT2D eigenvalue weighted by Gasteiger charge is -2.23. The Hall–Kier alpha value is -3.32. The summed E-state index contributed by atoms with van der Waals surface area (Å²) < 4.78 is 0. The van der Waals surface area contributed by atoms with Crippen molar-refractivity contribution in [2.24, 2.45) is 5.10 Å². The van der Waals surface area contributed by atoms with E-state index in [2.05, 4.69) is 15.4 Å². The molecule has 0 bridgehead atoms. The van der Waals surface area contributed by atoms with Crippen molar-refractivity contribution in [3.63, 3.8) is 0 Å². The predicted octanol–water partition coefficient (Wildman–Crippen LogP) is 3.93. The molecule has 0 saturated heterocycles. The number of hydrogen-bond donors (Lipinski definition) is 1. The van der Waals surface area contributed by atoms with Crippen LogP contribution in [0.5, 0.6) is 0 Å². The minimum absolute atomic E-state index is 0.0824. The predicted molar refractivity (Wildman–Crippen MR) is 110 cm³/mol. The lowest BCUT2D eigenvalue weighted by Crippen LogP contribution is -2.36. The number of thiazole rings is 1. The van der Waals surface area contributed by atoms with Crippen LogP contribution in [0.4, 0.5) is 5.13 Å². The Balaban J connectivity index is 1.46. The van der Waals surface area contributed by atoms with Gasteiger partial charge in [0.2, 0.25) is 5.91 Å². The van der Waals surface area contributed by atoms with Gasteiger partial charge in [-0.15, -0.1) is 11.3 Å². The van der Waals surface area contributed by atoms with Crippen molar-refractivity contribution in [1.29, 1.82) is 0 Å². The van der Waals surface area contributed by atoms with Crippen LogP contribution in [0.1, 0.15) is 18.4 Å². The Morgan fingerprint density at radius 1 is 1.04 bits per heavy atom. The van der Waals surface area contributed by atoms with Crippen LogP contribution in [0.25, 0.3) is 11.3 Å². The highest BCUT2D eigenvalue weighted by Crippen LogP contribution is 2.25. The molecule has 4 rings (SSSR count). The van der Waals surface area contributed by atoms with Gasteiger partial charge in [0.25, 0.3) is 5.91 Å². The zero-order valence-electron chi connectivity index (χ0n) is 15.0. The molecule has 1 aliphatic heterocycles. The Kier molecular flexibility index (Phi) is 5.25. The summed E-state index contributed by atoms with van der Waals surface area (Å²) in [6, 6.07) is 19.4. The first-order valence-electron chi connectivity index (χ1n) is 8.93. The Bertz CT molecular complexity index is 1020. The van der Waals surface area contributed by atoms with E-state index in [4.69, 9.17) is 0 Å².